The lowest BCUT2D eigenvalue weighted by atomic mass is 10.0. The molecule has 0 aliphatic carbocycles. The molecule has 0 aliphatic heterocycles. The van der Waals surface area contributed by atoms with Crippen molar-refractivity contribution in [2.24, 2.45) is 0 Å². The van der Waals surface area contributed by atoms with E-state index in [2.05, 4.69) is 17.6 Å². The summed E-state index contributed by atoms with van der Waals surface area (Å²) in [5.74, 6) is -0.973. The Bertz CT molecular complexity index is 1100. The molecule has 2 rings (SSSR count). The van der Waals surface area contributed by atoms with E-state index in [-0.39, 0.29) is 12.3 Å². The van der Waals surface area contributed by atoms with E-state index in [9.17, 15) is 19.5 Å². The zero-order chi connectivity index (χ0) is 28.5. The molecule has 2 unspecified atom stereocenters. The number of aryl methyl sites for hydroxylation is 1. The number of para-hydroxylation sites is 1. The highest BCUT2D eigenvalue weighted by Gasteiger charge is 2.35. The van der Waals surface area contributed by atoms with Gasteiger partial charge in [-0.05, 0) is 70.4 Å². The Morgan fingerprint density at radius 2 is 1.76 bits per heavy atom. The molecule has 3 amide bonds. The predicted molar refractivity (Wildman–Crippen MR) is 150 cm³/mol. The van der Waals surface area contributed by atoms with Gasteiger partial charge in [-0.3, -0.25) is 9.59 Å². The summed E-state index contributed by atoms with van der Waals surface area (Å²) in [5.41, 5.74) is 0.910. The van der Waals surface area contributed by atoms with Crippen molar-refractivity contribution in [2.45, 2.75) is 84.9 Å². The van der Waals surface area contributed by atoms with Gasteiger partial charge in [-0.15, -0.1) is 0 Å². The van der Waals surface area contributed by atoms with E-state index in [0.29, 0.717) is 22.7 Å². The van der Waals surface area contributed by atoms with E-state index >= 15 is 0 Å². The number of carbonyl (C=O) groups excluding carboxylic acids is 3. The Balaban J connectivity index is 2.47. The summed E-state index contributed by atoms with van der Waals surface area (Å²) in [6, 6.07) is 9.49. The van der Waals surface area contributed by atoms with Gasteiger partial charge in [0, 0.05) is 6.54 Å². The monoisotopic (exact) mass is 545 g/mol. The molecule has 0 fully saturated rings. The van der Waals surface area contributed by atoms with E-state index in [1.165, 1.54) is 17.0 Å². The highest BCUT2D eigenvalue weighted by Crippen LogP contribution is 2.30. The van der Waals surface area contributed by atoms with Crippen molar-refractivity contribution in [1.82, 2.24) is 10.2 Å². The number of nitrogens with one attached hydrogen (secondary N) is 2. The van der Waals surface area contributed by atoms with Crippen LogP contribution in [0.4, 0.5) is 10.5 Å². The van der Waals surface area contributed by atoms with Crippen LogP contribution in [-0.4, -0.2) is 46.1 Å². The molecule has 2 aromatic carbocycles. The normalized spacial score (nSPS) is 12.8. The molecule has 0 aromatic heterocycles. The Hall–Kier alpha value is -3.26. The number of benzene rings is 2. The standard InChI is InChI=1S/C29H40ClN3O5/c1-7-8-9-10-17-33(27(36)20(3)31-28(37)38-29(4,5)6)25(21-14-12-15-22(34)18-21)26(35)32-24-19(2)13-11-16-23(24)30/h11-16,18,20,25,34H,7-10,17H2,1-6H3,(H,31,37)(H,32,35). The lowest BCUT2D eigenvalue weighted by molar-refractivity contribution is -0.140. The average Bonchev–Trinajstić information content (AvgIpc) is 2.81. The number of unbranched alkanes of at least 4 members (excludes halogenated alkanes) is 3. The van der Waals surface area contributed by atoms with Gasteiger partial charge in [0.25, 0.3) is 5.91 Å². The fourth-order valence-corrected chi connectivity index (χ4v) is 4.29. The Kier molecular flexibility index (Phi) is 11.4. The first-order valence-corrected chi connectivity index (χ1v) is 13.4. The summed E-state index contributed by atoms with van der Waals surface area (Å²) in [6.07, 6.45) is 2.79. The van der Waals surface area contributed by atoms with Crippen LogP contribution < -0.4 is 10.6 Å². The first-order chi connectivity index (χ1) is 17.8. The Morgan fingerprint density at radius 1 is 1.08 bits per heavy atom. The number of anilines is 1. The molecule has 0 bridgehead atoms. The Labute approximate surface area is 230 Å². The number of ether oxygens (including phenoxy) is 1. The van der Waals surface area contributed by atoms with Crippen molar-refractivity contribution in [3.63, 3.8) is 0 Å². The van der Waals surface area contributed by atoms with Crippen molar-refractivity contribution in [1.29, 1.82) is 0 Å². The van der Waals surface area contributed by atoms with Gasteiger partial charge in [0.1, 0.15) is 23.4 Å². The molecule has 9 heteroatoms. The first-order valence-electron chi connectivity index (χ1n) is 13.0. The SMILES string of the molecule is CCCCCCN(C(=O)C(C)NC(=O)OC(C)(C)C)C(C(=O)Nc1c(C)cccc1Cl)c1cccc(O)c1. The minimum Gasteiger partial charge on any atom is -0.508 e. The number of hydrogen-bond donors (Lipinski definition) is 3. The van der Waals surface area contributed by atoms with Gasteiger partial charge < -0.3 is 25.4 Å². The van der Waals surface area contributed by atoms with Crippen LogP contribution in [0.15, 0.2) is 42.5 Å². The molecule has 8 nitrogen and oxygen atoms in total. The number of amides is 3. The molecular weight excluding hydrogens is 506 g/mol. The maximum atomic E-state index is 13.8. The summed E-state index contributed by atoms with van der Waals surface area (Å²) >= 11 is 6.37. The number of carbonyl (C=O) groups is 3. The summed E-state index contributed by atoms with van der Waals surface area (Å²) in [7, 11) is 0. The highest BCUT2D eigenvalue weighted by atomic mass is 35.5. The van der Waals surface area contributed by atoms with Crippen molar-refractivity contribution in [2.75, 3.05) is 11.9 Å². The Morgan fingerprint density at radius 3 is 2.37 bits per heavy atom. The molecule has 0 spiro atoms. The van der Waals surface area contributed by atoms with Crippen LogP contribution in [0.5, 0.6) is 5.75 Å². The number of phenolic OH excluding ortho intramolecular Hbond substituents is 1. The zero-order valence-corrected chi connectivity index (χ0v) is 23.9. The number of halogens is 1. The van der Waals surface area contributed by atoms with E-state index in [4.69, 9.17) is 16.3 Å². The van der Waals surface area contributed by atoms with E-state index in [0.717, 1.165) is 24.8 Å². The molecule has 0 aliphatic rings. The summed E-state index contributed by atoms with van der Waals surface area (Å²) in [4.78, 5) is 41.5. The molecule has 38 heavy (non-hydrogen) atoms. The third-order valence-corrected chi connectivity index (χ3v) is 6.17. The number of phenols is 1. The molecule has 0 saturated heterocycles. The number of rotatable bonds is 11. The second kappa shape index (κ2) is 14.0. The van der Waals surface area contributed by atoms with Gasteiger partial charge in [0.15, 0.2) is 0 Å². The maximum Gasteiger partial charge on any atom is 0.408 e. The summed E-state index contributed by atoms with van der Waals surface area (Å²) in [6.45, 7) is 10.9. The van der Waals surface area contributed by atoms with Crippen LogP contribution in [0.25, 0.3) is 0 Å². The van der Waals surface area contributed by atoms with Crippen LogP contribution in [0, 0.1) is 6.92 Å². The van der Waals surface area contributed by atoms with Gasteiger partial charge in [-0.1, -0.05) is 62.1 Å². The smallest absolute Gasteiger partial charge is 0.408 e. The quantitative estimate of drug-likeness (QED) is 0.285. The van der Waals surface area contributed by atoms with E-state index in [1.807, 2.05) is 13.0 Å². The first kappa shape index (κ1) is 31.0. The zero-order valence-electron chi connectivity index (χ0n) is 23.1. The number of aromatic hydroxyl groups is 1. The second-order valence-corrected chi connectivity index (χ2v) is 10.8. The average molecular weight is 546 g/mol. The van der Waals surface area contributed by atoms with Crippen LogP contribution in [0.3, 0.4) is 0 Å². The minimum atomic E-state index is -1.09. The molecule has 0 heterocycles. The van der Waals surface area contributed by atoms with Gasteiger partial charge in [-0.25, -0.2) is 4.79 Å². The molecule has 208 valence electrons. The van der Waals surface area contributed by atoms with Crippen molar-refractivity contribution in [3.8, 4) is 5.75 Å². The maximum absolute atomic E-state index is 13.8. The largest absolute Gasteiger partial charge is 0.508 e. The second-order valence-electron chi connectivity index (χ2n) is 10.4. The third kappa shape index (κ3) is 9.24. The number of nitrogens with zero attached hydrogens (tertiary/aromatic N) is 1. The van der Waals surface area contributed by atoms with Crippen LogP contribution in [0.2, 0.25) is 5.02 Å². The summed E-state index contributed by atoms with van der Waals surface area (Å²) < 4.78 is 5.32. The summed E-state index contributed by atoms with van der Waals surface area (Å²) in [5, 5.41) is 16.0. The topological polar surface area (TPSA) is 108 Å². The van der Waals surface area contributed by atoms with E-state index in [1.54, 1.807) is 52.0 Å². The minimum absolute atomic E-state index is 0.0347. The van der Waals surface area contributed by atoms with Crippen molar-refractivity contribution >= 4 is 35.2 Å². The van der Waals surface area contributed by atoms with Gasteiger partial charge in [0.05, 0.1) is 10.7 Å². The molecule has 2 aromatic rings. The lowest BCUT2D eigenvalue weighted by Gasteiger charge is -2.34. The number of hydrogen-bond acceptors (Lipinski definition) is 5. The fraction of sp³-hybridized carbons (Fsp3) is 0.483. The number of alkyl carbamates (subject to hydrolysis) is 1. The molecule has 0 radical (unpaired) electrons. The molecule has 2 atom stereocenters. The fourth-order valence-electron chi connectivity index (χ4n) is 4.02. The lowest BCUT2D eigenvalue weighted by Crippen LogP contribution is -2.51. The van der Waals surface area contributed by atoms with Gasteiger partial charge in [0.2, 0.25) is 5.91 Å². The molecule has 3 N–H and O–H groups in total. The van der Waals surface area contributed by atoms with Crippen molar-refractivity contribution < 1.29 is 24.2 Å². The predicted octanol–water partition coefficient (Wildman–Crippen LogP) is 6.36. The van der Waals surface area contributed by atoms with Crippen molar-refractivity contribution in [3.05, 3.63) is 58.6 Å². The highest BCUT2D eigenvalue weighted by molar-refractivity contribution is 6.34. The van der Waals surface area contributed by atoms with Crippen LogP contribution in [-0.2, 0) is 14.3 Å². The van der Waals surface area contributed by atoms with E-state index < -0.39 is 35.6 Å². The third-order valence-electron chi connectivity index (χ3n) is 5.86. The van der Waals surface area contributed by atoms with Gasteiger partial charge >= 0.3 is 6.09 Å². The molecule has 0 saturated carbocycles. The van der Waals surface area contributed by atoms with Crippen LogP contribution >= 0.6 is 11.6 Å². The van der Waals surface area contributed by atoms with Gasteiger partial charge in [-0.2, -0.15) is 0 Å². The molecular formula is C29H40ClN3O5. The van der Waals surface area contributed by atoms with Crippen LogP contribution in [0.1, 0.15) is 77.5 Å².